The average Bonchev–Trinajstić information content (AvgIpc) is 2.69. The Morgan fingerprint density at radius 3 is 2.56 bits per heavy atom. The van der Waals surface area contributed by atoms with Gasteiger partial charge in [-0.25, -0.2) is 4.98 Å². The zero-order valence-corrected chi connectivity index (χ0v) is 16.9. The molecule has 6 heteroatoms. The van der Waals surface area contributed by atoms with Crippen molar-refractivity contribution in [2.45, 2.75) is 0 Å². The van der Waals surface area contributed by atoms with Crippen LogP contribution in [0.15, 0.2) is 71.7 Å². The maximum atomic E-state index is 13.2. The van der Waals surface area contributed by atoms with E-state index in [-0.39, 0.29) is 5.56 Å². The fourth-order valence-electron chi connectivity index (χ4n) is 2.76. The van der Waals surface area contributed by atoms with Crippen LogP contribution in [-0.4, -0.2) is 14.5 Å². The molecule has 0 aliphatic rings. The molecular formula is C21H13ClIN3O. The summed E-state index contributed by atoms with van der Waals surface area (Å²) in [5.74, 6) is 0.529. The molecule has 4 aromatic rings. The fourth-order valence-corrected chi connectivity index (χ4v) is 3.38. The lowest BCUT2D eigenvalue weighted by molar-refractivity contribution is 0.943. The molecule has 2 heterocycles. The number of fused-ring (bicyclic) bond motifs is 1. The lowest BCUT2D eigenvalue weighted by Gasteiger charge is -2.11. The van der Waals surface area contributed by atoms with E-state index in [1.54, 1.807) is 29.0 Å². The highest BCUT2D eigenvalue weighted by Gasteiger charge is 2.11. The smallest absolute Gasteiger partial charge is 0.266 e. The highest BCUT2D eigenvalue weighted by Crippen LogP contribution is 2.18. The first-order valence-corrected chi connectivity index (χ1v) is 9.65. The van der Waals surface area contributed by atoms with Crippen molar-refractivity contribution >= 4 is 57.2 Å². The van der Waals surface area contributed by atoms with E-state index < -0.39 is 0 Å². The van der Waals surface area contributed by atoms with Gasteiger partial charge in [0.15, 0.2) is 0 Å². The summed E-state index contributed by atoms with van der Waals surface area (Å²) in [4.78, 5) is 22.2. The molecule has 0 aliphatic carbocycles. The zero-order valence-electron chi connectivity index (χ0n) is 14.0. The summed E-state index contributed by atoms with van der Waals surface area (Å²) in [5, 5.41) is 1.19. The van der Waals surface area contributed by atoms with Gasteiger partial charge in [0.2, 0.25) is 0 Å². The summed E-state index contributed by atoms with van der Waals surface area (Å²) >= 11 is 8.20. The molecular weight excluding hydrogens is 473 g/mol. The summed E-state index contributed by atoms with van der Waals surface area (Å²) in [6, 6.07) is 18.5. The highest BCUT2D eigenvalue weighted by molar-refractivity contribution is 14.1. The molecule has 0 radical (unpaired) electrons. The summed E-state index contributed by atoms with van der Waals surface area (Å²) in [7, 11) is 0. The molecule has 132 valence electrons. The van der Waals surface area contributed by atoms with Crippen molar-refractivity contribution in [1.29, 1.82) is 0 Å². The van der Waals surface area contributed by atoms with E-state index in [1.807, 2.05) is 54.6 Å². The van der Waals surface area contributed by atoms with Crippen LogP contribution < -0.4 is 5.56 Å². The highest BCUT2D eigenvalue weighted by atomic mass is 127. The maximum absolute atomic E-state index is 13.2. The Labute approximate surface area is 174 Å². The van der Waals surface area contributed by atoms with Crippen LogP contribution in [0.5, 0.6) is 0 Å². The third-order valence-corrected chi connectivity index (χ3v) is 4.95. The number of rotatable bonds is 3. The van der Waals surface area contributed by atoms with E-state index in [0.29, 0.717) is 27.4 Å². The second kappa shape index (κ2) is 7.62. The normalized spacial score (nSPS) is 11.3. The van der Waals surface area contributed by atoms with Gasteiger partial charge < -0.3 is 0 Å². The Hall–Kier alpha value is -2.51. The molecule has 0 amide bonds. The minimum Gasteiger partial charge on any atom is -0.268 e. The third kappa shape index (κ3) is 3.79. The largest absolute Gasteiger partial charge is 0.268 e. The van der Waals surface area contributed by atoms with Gasteiger partial charge in [0.25, 0.3) is 5.56 Å². The number of nitrogens with zero attached hydrogens (tertiary/aromatic N) is 3. The lowest BCUT2D eigenvalue weighted by Crippen LogP contribution is -2.22. The van der Waals surface area contributed by atoms with Crippen molar-refractivity contribution in [3.05, 3.63) is 97.3 Å². The molecule has 4 nitrogen and oxygen atoms in total. The Morgan fingerprint density at radius 2 is 1.81 bits per heavy atom. The van der Waals surface area contributed by atoms with Crippen LogP contribution in [0, 0.1) is 3.57 Å². The lowest BCUT2D eigenvalue weighted by atomic mass is 10.2. The first kappa shape index (κ1) is 17.9. The van der Waals surface area contributed by atoms with Gasteiger partial charge in [0.1, 0.15) is 5.82 Å². The zero-order chi connectivity index (χ0) is 18.8. The van der Waals surface area contributed by atoms with E-state index in [1.165, 1.54) is 0 Å². The van der Waals surface area contributed by atoms with Crippen LogP contribution in [0.25, 0.3) is 28.7 Å². The van der Waals surface area contributed by atoms with Gasteiger partial charge in [0, 0.05) is 14.8 Å². The molecule has 0 atom stereocenters. The molecule has 2 aromatic carbocycles. The predicted octanol–water partition coefficient (Wildman–Crippen LogP) is 5.21. The minimum absolute atomic E-state index is 0.124. The molecule has 27 heavy (non-hydrogen) atoms. The molecule has 0 saturated heterocycles. The van der Waals surface area contributed by atoms with Gasteiger partial charge in [-0.1, -0.05) is 17.7 Å². The second-order valence-corrected chi connectivity index (χ2v) is 7.52. The Morgan fingerprint density at radius 1 is 1.00 bits per heavy atom. The number of benzene rings is 2. The Kier molecular flexibility index (Phi) is 5.05. The number of halogens is 2. The SMILES string of the molecule is O=c1c2cc(I)ccc2nc(C=Cc2ccccn2)n1-c1ccc(Cl)cc1. The molecule has 0 N–H and O–H groups in total. The Bertz CT molecular complexity index is 1200. The first-order valence-electron chi connectivity index (χ1n) is 8.19. The quantitative estimate of drug-likeness (QED) is 0.374. The van der Waals surface area contributed by atoms with Crippen molar-refractivity contribution in [1.82, 2.24) is 14.5 Å². The fraction of sp³-hybridized carbons (Fsp3) is 0. The van der Waals surface area contributed by atoms with Crippen LogP contribution >= 0.6 is 34.2 Å². The van der Waals surface area contributed by atoms with Gasteiger partial charge in [-0.2, -0.15) is 0 Å². The summed E-state index contributed by atoms with van der Waals surface area (Å²) in [6.07, 6.45) is 5.37. The molecule has 4 rings (SSSR count). The van der Waals surface area contributed by atoms with Gasteiger partial charge in [-0.05, 0) is 89.3 Å². The van der Waals surface area contributed by atoms with Crippen LogP contribution in [0.2, 0.25) is 5.02 Å². The molecule has 0 spiro atoms. The maximum Gasteiger partial charge on any atom is 0.266 e. The van der Waals surface area contributed by atoms with Gasteiger partial charge >= 0.3 is 0 Å². The number of hydrogen-bond acceptors (Lipinski definition) is 3. The minimum atomic E-state index is -0.124. The topological polar surface area (TPSA) is 47.8 Å². The van der Waals surface area contributed by atoms with Crippen molar-refractivity contribution in [3.8, 4) is 5.69 Å². The van der Waals surface area contributed by atoms with Crippen LogP contribution in [0.1, 0.15) is 11.5 Å². The number of aromatic nitrogens is 3. The molecule has 0 aliphatic heterocycles. The first-order chi connectivity index (χ1) is 13.1. The van der Waals surface area contributed by atoms with Crippen molar-refractivity contribution in [2.24, 2.45) is 0 Å². The Balaban J connectivity index is 1.96. The van der Waals surface area contributed by atoms with E-state index in [9.17, 15) is 4.79 Å². The summed E-state index contributed by atoms with van der Waals surface area (Å²) in [5.41, 5.74) is 2.03. The van der Waals surface area contributed by atoms with Gasteiger partial charge in [0.05, 0.1) is 22.3 Å². The standard InChI is InChI=1S/C21H13ClIN3O/c22-14-4-8-17(9-5-14)26-20(11-7-16-3-1-2-12-24-16)25-19-10-6-15(23)13-18(19)21(26)27/h1-13H. The van der Waals surface area contributed by atoms with Gasteiger partial charge in [-0.3, -0.25) is 14.3 Å². The van der Waals surface area contributed by atoms with Crippen LogP contribution in [0.4, 0.5) is 0 Å². The van der Waals surface area contributed by atoms with E-state index >= 15 is 0 Å². The van der Waals surface area contributed by atoms with Crippen LogP contribution in [-0.2, 0) is 0 Å². The van der Waals surface area contributed by atoms with E-state index in [2.05, 4.69) is 27.6 Å². The molecule has 0 unspecified atom stereocenters. The molecule has 0 fully saturated rings. The number of hydrogen-bond donors (Lipinski definition) is 0. The molecule has 0 saturated carbocycles. The average molecular weight is 486 g/mol. The second-order valence-electron chi connectivity index (χ2n) is 5.84. The molecule has 0 bridgehead atoms. The van der Waals surface area contributed by atoms with Crippen LogP contribution in [0.3, 0.4) is 0 Å². The van der Waals surface area contributed by atoms with Crippen molar-refractivity contribution in [2.75, 3.05) is 0 Å². The monoisotopic (exact) mass is 485 g/mol. The van der Waals surface area contributed by atoms with Crippen molar-refractivity contribution < 1.29 is 0 Å². The predicted molar refractivity (Wildman–Crippen MR) is 118 cm³/mol. The van der Waals surface area contributed by atoms with Crippen molar-refractivity contribution in [3.63, 3.8) is 0 Å². The van der Waals surface area contributed by atoms with Gasteiger partial charge in [-0.15, -0.1) is 0 Å². The summed E-state index contributed by atoms with van der Waals surface area (Å²) in [6.45, 7) is 0. The van der Waals surface area contributed by atoms with E-state index in [4.69, 9.17) is 16.6 Å². The molecule has 2 aromatic heterocycles. The van der Waals surface area contributed by atoms with E-state index in [0.717, 1.165) is 9.26 Å². The summed E-state index contributed by atoms with van der Waals surface area (Å²) < 4.78 is 2.58. The third-order valence-electron chi connectivity index (χ3n) is 4.03. The number of pyridine rings is 1.